The van der Waals surface area contributed by atoms with E-state index in [1.54, 1.807) is 0 Å². The fourth-order valence-electron chi connectivity index (χ4n) is 4.80. The molecule has 0 radical (unpaired) electrons. The van der Waals surface area contributed by atoms with Crippen LogP contribution in [-0.4, -0.2) is 55.3 Å². The van der Waals surface area contributed by atoms with Crippen LogP contribution in [0.4, 0.5) is 0 Å². The van der Waals surface area contributed by atoms with Gasteiger partial charge in [-0.2, -0.15) is 0 Å². The van der Waals surface area contributed by atoms with E-state index in [2.05, 4.69) is 54.6 Å². The molecule has 1 aliphatic heterocycles. The van der Waals surface area contributed by atoms with Gasteiger partial charge in [-0.1, -0.05) is 30.3 Å². The number of hydrogen-bond donors (Lipinski definition) is 1. The van der Waals surface area contributed by atoms with Crippen LogP contribution in [-0.2, 0) is 15.1 Å². The van der Waals surface area contributed by atoms with E-state index >= 15 is 0 Å². The minimum absolute atomic E-state index is 0.0459. The lowest BCUT2D eigenvalue weighted by atomic mass is 9.64. The van der Waals surface area contributed by atoms with E-state index in [1.807, 2.05) is 4.90 Å². The smallest absolute Gasteiger partial charge is 0.241 e. The predicted molar refractivity (Wildman–Crippen MR) is 103 cm³/mol. The summed E-state index contributed by atoms with van der Waals surface area (Å²) >= 11 is 0. The van der Waals surface area contributed by atoms with Crippen LogP contribution >= 0.6 is 0 Å². The van der Waals surface area contributed by atoms with Gasteiger partial charge in [0.1, 0.15) is 0 Å². The molecule has 5 nitrogen and oxygen atoms in total. The second-order valence-corrected chi connectivity index (χ2v) is 8.27. The van der Waals surface area contributed by atoms with Crippen LogP contribution in [0.15, 0.2) is 30.3 Å². The zero-order valence-corrected chi connectivity index (χ0v) is 16.3. The second kappa shape index (κ2) is 7.39. The minimum atomic E-state index is -0.149. The van der Waals surface area contributed by atoms with Crippen LogP contribution in [0, 0.1) is 5.41 Å². The average molecular weight is 357 g/mol. The van der Waals surface area contributed by atoms with Crippen molar-refractivity contribution in [3.8, 4) is 0 Å². The van der Waals surface area contributed by atoms with E-state index in [1.165, 1.54) is 12.5 Å². The Bertz CT molecular complexity index is 648. The molecular formula is C21H31N3O2. The van der Waals surface area contributed by atoms with Crippen LogP contribution in [0.2, 0.25) is 0 Å². The third-order valence-electron chi connectivity index (χ3n) is 6.58. The van der Waals surface area contributed by atoms with Gasteiger partial charge < -0.3 is 10.2 Å². The molecule has 1 spiro atoms. The molecule has 1 saturated carbocycles. The lowest BCUT2D eigenvalue weighted by molar-refractivity contribution is -0.132. The number of likely N-dealkylation sites (tertiary alicyclic amines) is 1. The Labute approximate surface area is 156 Å². The van der Waals surface area contributed by atoms with Crippen molar-refractivity contribution in [3.05, 3.63) is 35.9 Å². The number of benzene rings is 1. The van der Waals surface area contributed by atoms with Crippen LogP contribution < -0.4 is 5.32 Å². The largest absolute Gasteiger partial charge is 0.347 e. The SMILES string of the molecule is CC(=O)NCC(=O)N1CCC2(CCC(c3ccccc3)(N(C)C)CC2)C1. The monoisotopic (exact) mass is 357 g/mol. The van der Waals surface area contributed by atoms with Gasteiger partial charge in [-0.05, 0) is 57.2 Å². The van der Waals surface area contributed by atoms with Crippen LogP contribution in [0.25, 0.3) is 0 Å². The summed E-state index contributed by atoms with van der Waals surface area (Å²) in [6, 6.07) is 10.8. The first-order chi connectivity index (χ1) is 12.4. The third kappa shape index (κ3) is 3.63. The molecule has 3 rings (SSSR count). The average Bonchev–Trinajstić information content (AvgIpc) is 3.05. The molecule has 1 aliphatic carbocycles. The van der Waals surface area contributed by atoms with Gasteiger partial charge in [0.2, 0.25) is 11.8 Å². The van der Waals surface area contributed by atoms with Gasteiger partial charge in [0.05, 0.1) is 6.54 Å². The van der Waals surface area contributed by atoms with Gasteiger partial charge in [0.25, 0.3) is 0 Å². The van der Waals surface area contributed by atoms with Crippen molar-refractivity contribution in [2.24, 2.45) is 5.41 Å². The van der Waals surface area contributed by atoms with Gasteiger partial charge >= 0.3 is 0 Å². The first-order valence-electron chi connectivity index (χ1n) is 9.62. The highest BCUT2D eigenvalue weighted by molar-refractivity contribution is 5.83. The number of nitrogens with zero attached hydrogens (tertiary/aromatic N) is 2. The lowest BCUT2D eigenvalue weighted by Gasteiger charge is -2.49. The molecule has 1 saturated heterocycles. The summed E-state index contributed by atoms with van der Waals surface area (Å²) in [5, 5.41) is 2.63. The molecule has 0 unspecified atom stereocenters. The normalized spacial score (nSPS) is 28.5. The molecule has 0 atom stereocenters. The molecule has 5 heteroatoms. The molecule has 142 valence electrons. The number of rotatable bonds is 4. The molecule has 1 heterocycles. The summed E-state index contributed by atoms with van der Waals surface area (Å²) in [6.45, 7) is 3.23. The highest BCUT2D eigenvalue weighted by Gasteiger charge is 2.48. The standard InChI is InChI=1S/C21H31N3O2/c1-17(25)22-15-19(26)24-14-13-20(16-24)9-11-21(12-10-20,23(2)3)18-7-5-4-6-8-18/h4-8H,9-16H2,1-3H3,(H,22,25). The van der Waals surface area contributed by atoms with E-state index in [0.717, 1.165) is 45.2 Å². The minimum Gasteiger partial charge on any atom is -0.347 e. The molecule has 2 aliphatic rings. The Balaban J connectivity index is 1.66. The lowest BCUT2D eigenvalue weighted by Crippen LogP contribution is -2.48. The first kappa shape index (κ1) is 18.9. The van der Waals surface area contributed by atoms with E-state index in [0.29, 0.717) is 0 Å². The Morgan fingerprint density at radius 2 is 1.73 bits per heavy atom. The Morgan fingerprint density at radius 1 is 1.08 bits per heavy atom. The number of amides is 2. The van der Waals surface area contributed by atoms with Gasteiger partial charge in [0.15, 0.2) is 0 Å². The topological polar surface area (TPSA) is 52.7 Å². The fourth-order valence-corrected chi connectivity index (χ4v) is 4.80. The van der Waals surface area contributed by atoms with E-state index in [4.69, 9.17) is 0 Å². The van der Waals surface area contributed by atoms with Gasteiger partial charge in [-0.25, -0.2) is 0 Å². The van der Waals surface area contributed by atoms with Crippen molar-refractivity contribution in [1.82, 2.24) is 15.1 Å². The predicted octanol–water partition coefficient (Wildman–Crippen LogP) is 2.37. The third-order valence-corrected chi connectivity index (χ3v) is 6.58. The Morgan fingerprint density at radius 3 is 2.31 bits per heavy atom. The molecule has 1 aromatic carbocycles. The van der Waals surface area contributed by atoms with Crippen LogP contribution in [0.5, 0.6) is 0 Å². The van der Waals surface area contributed by atoms with Crippen molar-refractivity contribution in [1.29, 1.82) is 0 Å². The summed E-state index contributed by atoms with van der Waals surface area (Å²) in [4.78, 5) is 27.7. The maximum atomic E-state index is 12.3. The van der Waals surface area contributed by atoms with Gasteiger partial charge in [-0.15, -0.1) is 0 Å². The van der Waals surface area contributed by atoms with Gasteiger partial charge in [-0.3, -0.25) is 14.5 Å². The molecular weight excluding hydrogens is 326 g/mol. The zero-order chi connectivity index (χ0) is 18.8. The molecule has 2 amide bonds. The highest BCUT2D eigenvalue weighted by atomic mass is 16.2. The quantitative estimate of drug-likeness (QED) is 0.900. The molecule has 0 aromatic heterocycles. The van der Waals surface area contributed by atoms with Crippen LogP contribution in [0.3, 0.4) is 0 Å². The second-order valence-electron chi connectivity index (χ2n) is 8.27. The maximum absolute atomic E-state index is 12.3. The molecule has 1 aromatic rings. The van der Waals surface area contributed by atoms with Crippen molar-refractivity contribution < 1.29 is 9.59 Å². The molecule has 2 fully saturated rings. The Kier molecular flexibility index (Phi) is 5.37. The summed E-state index contributed by atoms with van der Waals surface area (Å²) in [5.41, 5.74) is 1.75. The molecule has 26 heavy (non-hydrogen) atoms. The van der Waals surface area contributed by atoms with Crippen molar-refractivity contribution in [3.63, 3.8) is 0 Å². The summed E-state index contributed by atoms with van der Waals surface area (Å²) in [5.74, 6) is -0.104. The Hall–Kier alpha value is -1.88. The first-order valence-corrected chi connectivity index (χ1v) is 9.62. The summed E-state index contributed by atoms with van der Waals surface area (Å²) < 4.78 is 0. The summed E-state index contributed by atoms with van der Waals surface area (Å²) in [6.07, 6.45) is 5.61. The molecule has 0 bridgehead atoms. The van der Waals surface area contributed by atoms with E-state index in [-0.39, 0.29) is 29.3 Å². The number of nitrogens with one attached hydrogen (secondary N) is 1. The molecule has 1 N–H and O–H groups in total. The van der Waals surface area contributed by atoms with Crippen molar-refractivity contribution >= 4 is 11.8 Å². The van der Waals surface area contributed by atoms with Crippen molar-refractivity contribution in [2.75, 3.05) is 33.7 Å². The van der Waals surface area contributed by atoms with Crippen molar-refractivity contribution in [2.45, 2.75) is 44.6 Å². The fraction of sp³-hybridized carbons (Fsp3) is 0.619. The summed E-state index contributed by atoms with van der Waals surface area (Å²) in [7, 11) is 4.37. The number of hydrogen-bond acceptors (Lipinski definition) is 3. The maximum Gasteiger partial charge on any atom is 0.241 e. The zero-order valence-electron chi connectivity index (χ0n) is 16.3. The highest BCUT2D eigenvalue weighted by Crippen LogP contribution is 2.51. The van der Waals surface area contributed by atoms with Gasteiger partial charge in [0, 0.05) is 25.6 Å². The number of carbonyl (C=O) groups is 2. The van der Waals surface area contributed by atoms with E-state index in [9.17, 15) is 9.59 Å². The van der Waals surface area contributed by atoms with E-state index < -0.39 is 0 Å². The number of carbonyl (C=O) groups excluding carboxylic acids is 2. The van der Waals surface area contributed by atoms with Crippen LogP contribution in [0.1, 0.15) is 44.6 Å².